The topological polar surface area (TPSA) is 59.3 Å². The standard InChI is InChI=1S/C14H9F3N4O/c15-14(16,17)9-4-1-2-5-10(9)20-13(22)11-8-18-12-6-3-7-19-21(11)12/h1-8H,(H,20,22). The maximum absolute atomic E-state index is 12.9. The average Bonchev–Trinajstić information content (AvgIpc) is 2.90. The van der Waals surface area contributed by atoms with Crippen molar-refractivity contribution in [1.29, 1.82) is 0 Å². The summed E-state index contributed by atoms with van der Waals surface area (Å²) in [7, 11) is 0. The number of nitrogens with one attached hydrogen (secondary N) is 1. The smallest absolute Gasteiger partial charge is 0.320 e. The maximum Gasteiger partial charge on any atom is 0.418 e. The molecule has 0 bridgehead atoms. The fourth-order valence-corrected chi connectivity index (χ4v) is 2.01. The lowest BCUT2D eigenvalue weighted by Gasteiger charge is -2.13. The van der Waals surface area contributed by atoms with Gasteiger partial charge in [0.15, 0.2) is 11.3 Å². The van der Waals surface area contributed by atoms with Crippen molar-refractivity contribution in [1.82, 2.24) is 14.6 Å². The van der Waals surface area contributed by atoms with E-state index in [-0.39, 0.29) is 11.4 Å². The molecule has 0 radical (unpaired) electrons. The zero-order valence-corrected chi connectivity index (χ0v) is 11.0. The van der Waals surface area contributed by atoms with Gasteiger partial charge in [-0.15, -0.1) is 0 Å². The molecule has 1 aromatic carbocycles. The first-order valence-corrected chi connectivity index (χ1v) is 6.23. The number of imidazole rings is 1. The first kappa shape index (κ1) is 14.1. The molecule has 2 aromatic heterocycles. The van der Waals surface area contributed by atoms with Crippen LogP contribution in [0.1, 0.15) is 16.1 Å². The third-order valence-corrected chi connectivity index (χ3v) is 2.99. The lowest BCUT2D eigenvalue weighted by atomic mass is 10.1. The van der Waals surface area contributed by atoms with Crippen molar-refractivity contribution in [2.24, 2.45) is 0 Å². The van der Waals surface area contributed by atoms with E-state index in [4.69, 9.17) is 0 Å². The van der Waals surface area contributed by atoms with E-state index < -0.39 is 17.6 Å². The van der Waals surface area contributed by atoms with Crippen LogP contribution in [0.2, 0.25) is 0 Å². The van der Waals surface area contributed by atoms with Crippen molar-refractivity contribution in [3.8, 4) is 0 Å². The molecule has 5 nitrogen and oxygen atoms in total. The molecule has 3 rings (SSSR count). The van der Waals surface area contributed by atoms with E-state index in [1.54, 1.807) is 12.1 Å². The highest BCUT2D eigenvalue weighted by atomic mass is 19.4. The Morgan fingerprint density at radius 3 is 2.68 bits per heavy atom. The van der Waals surface area contributed by atoms with Gasteiger partial charge in [-0.3, -0.25) is 4.79 Å². The summed E-state index contributed by atoms with van der Waals surface area (Å²) in [5.41, 5.74) is -0.750. The average molecular weight is 306 g/mol. The third-order valence-electron chi connectivity index (χ3n) is 2.99. The van der Waals surface area contributed by atoms with Crippen LogP contribution in [0.3, 0.4) is 0 Å². The van der Waals surface area contributed by atoms with Crippen molar-refractivity contribution in [2.75, 3.05) is 5.32 Å². The number of rotatable bonds is 2. The number of carbonyl (C=O) groups is 1. The second kappa shape index (κ2) is 5.14. The number of benzene rings is 1. The highest BCUT2D eigenvalue weighted by Crippen LogP contribution is 2.34. The molecule has 0 aliphatic heterocycles. The molecule has 1 N–H and O–H groups in total. The highest BCUT2D eigenvalue weighted by molar-refractivity contribution is 6.03. The fraction of sp³-hybridized carbons (Fsp3) is 0.0714. The summed E-state index contributed by atoms with van der Waals surface area (Å²) in [4.78, 5) is 16.2. The van der Waals surface area contributed by atoms with Crippen LogP contribution >= 0.6 is 0 Å². The van der Waals surface area contributed by atoms with Crippen LogP contribution in [0.25, 0.3) is 5.65 Å². The van der Waals surface area contributed by atoms with E-state index in [2.05, 4.69) is 15.4 Å². The fourth-order valence-electron chi connectivity index (χ4n) is 2.01. The Balaban J connectivity index is 1.96. The lowest BCUT2D eigenvalue weighted by Crippen LogP contribution is -2.18. The minimum atomic E-state index is -4.55. The largest absolute Gasteiger partial charge is 0.418 e. The van der Waals surface area contributed by atoms with Crippen molar-refractivity contribution in [2.45, 2.75) is 6.18 Å². The van der Waals surface area contributed by atoms with Crippen molar-refractivity contribution in [3.05, 3.63) is 60.0 Å². The number of hydrogen-bond acceptors (Lipinski definition) is 3. The number of hydrogen-bond donors (Lipinski definition) is 1. The lowest BCUT2D eigenvalue weighted by molar-refractivity contribution is -0.136. The number of anilines is 1. The van der Waals surface area contributed by atoms with Crippen LogP contribution in [-0.4, -0.2) is 20.5 Å². The zero-order chi connectivity index (χ0) is 15.7. The number of para-hydroxylation sites is 1. The predicted molar refractivity (Wildman–Crippen MR) is 72.4 cm³/mol. The minimum absolute atomic E-state index is 0.0487. The molecule has 0 fully saturated rings. The summed E-state index contributed by atoms with van der Waals surface area (Å²) < 4.78 is 40.0. The normalized spacial score (nSPS) is 11.6. The van der Waals surface area contributed by atoms with Gasteiger partial charge in [0.1, 0.15) is 0 Å². The number of nitrogens with zero attached hydrogens (tertiary/aromatic N) is 3. The molecule has 0 aliphatic rings. The van der Waals surface area contributed by atoms with Gasteiger partial charge >= 0.3 is 6.18 Å². The van der Waals surface area contributed by atoms with Gasteiger partial charge in [0, 0.05) is 6.20 Å². The Morgan fingerprint density at radius 1 is 1.14 bits per heavy atom. The van der Waals surface area contributed by atoms with Crippen molar-refractivity contribution in [3.63, 3.8) is 0 Å². The SMILES string of the molecule is O=C(Nc1ccccc1C(F)(F)F)c1cnc2cccnn12. The first-order chi connectivity index (χ1) is 10.5. The van der Waals surface area contributed by atoms with E-state index >= 15 is 0 Å². The van der Waals surface area contributed by atoms with Gasteiger partial charge in [0.25, 0.3) is 5.91 Å². The third kappa shape index (κ3) is 2.50. The van der Waals surface area contributed by atoms with Gasteiger partial charge in [-0.2, -0.15) is 18.3 Å². The van der Waals surface area contributed by atoms with Crippen LogP contribution in [-0.2, 0) is 6.18 Å². The predicted octanol–water partition coefficient (Wildman–Crippen LogP) is 3.00. The number of carbonyl (C=O) groups excluding carboxylic acids is 1. The molecule has 8 heteroatoms. The van der Waals surface area contributed by atoms with Crippen LogP contribution in [0, 0.1) is 0 Å². The van der Waals surface area contributed by atoms with Crippen molar-refractivity contribution < 1.29 is 18.0 Å². The number of alkyl halides is 3. The van der Waals surface area contributed by atoms with E-state index in [9.17, 15) is 18.0 Å². The van der Waals surface area contributed by atoms with Gasteiger partial charge in [0.05, 0.1) is 17.4 Å². The van der Waals surface area contributed by atoms with Gasteiger partial charge in [0.2, 0.25) is 0 Å². The molecule has 0 saturated heterocycles. The maximum atomic E-state index is 12.9. The highest BCUT2D eigenvalue weighted by Gasteiger charge is 2.33. The number of fused-ring (bicyclic) bond motifs is 1. The molecular formula is C14H9F3N4O. The summed E-state index contributed by atoms with van der Waals surface area (Å²) in [6.07, 6.45) is -1.84. The number of aromatic nitrogens is 3. The summed E-state index contributed by atoms with van der Waals surface area (Å²) in [6.45, 7) is 0. The Morgan fingerprint density at radius 2 is 1.91 bits per heavy atom. The molecule has 22 heavy (non-hydrogen) atoms. The zero-order valence-electron chi connectivity index (χ0n) is 11.0. The van der Waals surface area contributed by atoms with Gasteiger partial charge in [-0.1, -0.05) is 12.1 Å². The molecule has 0 aliphatic carbocycles. The van der Waals surface area contributed by atoms with E-state index in [1.165, 1.54) is 35.1 Å². The summed E-state index contributed by atoms with van der Waals surface area (Å²) in [5.74, 6) is -0.720. The minimum Gasteiger partial charge on any atom is -0.320 e. The monoisotopic (exact) mass is 306 g/mol. The summed E-state index contributed by atoms with van der Waals surface area (Å²) >= 11 is 0. The van der Waals surface area contributed by atoms with E-state index in [1.807, 2.05) is 0 Å². The van der Waals surface area contributed by atoms with Crippen LogP contribution in [0.5, 0.6) is 0 Å². The molecule has 0 atom stereocenters. The molecule has 3 aromatic rings. The van der Waals surface area contributed by atoms with E-state index in [0.717, 1.165) is 6.07 Å². The van der Waals surface area contributed by atoms with Crippen LogP contribution in [0.4, 0.5) is 18.9 Å². The van der Waals surface area contributed by atoms with Crippen molar-refractivity contribution >= 4 is 17.2 Å². The second-order valence-corrected chi connectivity index (χ2v) is 4.43. The molecule has 0 spiro atoms. The second-order valence-electron chi connectivity index (χ2n) is 4.43. The molecule has 2 heterocycles. The Hall–Kier alpha value is -2.90. The Labute approximate surface area is 122 Å². The van der Waals surface area contributed by atoms with Crippen LogP contribution in [0.15, 0.2) is 48.8 Å². The van der Waals surface area contributed by atoms with Gasteiger partial charge < -0.3 is 5.32 Å². The molecule has 0 saturated carbocycles. The molecule has 112 valence electrons. The number of halogens is 3. The van der Waals surface area contributed by atoms with E-state index in [0.29, 0.717) is 5.65 Å². The quantitative estimate of drug-likeness (QED) is 0.792. The Bertz CT molecular complexity index is 841. The Kier molecular flexibility index (Phi) is 3.28. The molecular weight excluding hydrogens is 297 g/mol. The number of amides is 1. The molecule has 0 unspecified atom stereocenters. The van der Waals surface area contributed by atoms with Crippen LogP contribution < -0.4 is 5.32 Å². The summed E-state index contributed by atoms with van der Waals surface area (Å²) in [6, 6.07) is 8.04. The first-order valence-electron chi connectivity index (χ1n) is 6.23. The van der Waals surface area contributed by atoms with Gasteiger partial charge in [-0.05, 0) is 24.3 Å². The summed E-state index contributed by atoms with van der Waals surface area (Å²) in [5, 5.41) is 6.20. The van der Waals surface area contributed by atoms with Gasteiger partial charge in [-0.25, -0.2) is 9.50 Å². The molecule has 1 amide bonds.